The van der Waals surface area contributed by atoms with E-state index in [9.17, 15) is 0 Å². The summed E-state index contributed by atoms with van der Waals surface area (Å²) in [5, 5.41) is 1.50. The molecule has 2 aromatic heterocycles. The average Bonchev–Trinajstić information content (AvgIpc) is 3.12. The first kappa shape index (κ1) is 11.7. The Bertz CT molecular complexity index is 688. The third kappa shape index (κ3) is 1.16. The van der Waals surface area contributed by atoms with Gasteiger partial charge in [-0.05, 0) is 54.7 Å². The van der Waals surface area contributed by atoms with E-state index in [0.29, 0.717) is 16.2 Å². The summed E-state index contributed by atoms with van der Waals surface area (Å²) in [6.07, 6.45) is 8.24. The largest absolute Gasteiger partial charge is 0.325 e. The molecule has 2 aromatic rings. The van der Waals surface area contributed by atoms with Gasteiger partial charge < -0.3 is 4.57 Å². The average molecular weight is 276 g/mol. The highest BCUT2D eigenvalue weighted by atomic mass is 35.5. The Morgan fingerprint density at radius 1 is 1.37 bits per heavy atom. The fourth-order valence-corrected chi connectivity index (χ4v) is 4.48. The molecule has 3 atom stereocenters. The van der Waals surface area contributed by atoms with E-state index in [2.05, 4.69) is 27.7 Å². The minimum Gasteiger partial charge on any atom is -0.325 e. The molecular weight excluding hydrogens is 258 g/mol. The van der Waals surface area contributed by atoms with Crippen molar-refractivity contribution in [3.8, 4) is 0 Å². The van der Waals surface area contributed by atoms with Crippen LogP contribution in [-0.4, -0.2) is 14.5 Å². The molecule has 0 radical (unpaired) electrons. The molecule has 1 spiro atoms. The fraction of sp³-hybridized carbons (Fsp3) is 0.600. The maximum atomic E-state index is 5.93. The summed E-state index contributed by atoms with van der Waals surface area (Å²) < 4.78 is 2.40. The topological polar surface area (TPSA) is 30.7 Å². The van der Waals surface area contributed by atoms with Crippen LogP contribution in [-0.2, 0) is 5.54 Å². The molecule has 100 valence electrons. The number of halogens is 1. The van der Waals surface area contributed by atoms with Crippen molar-refractivity contribution in [2.45, 2.75) is 45.6 Å². The summed E-state index contributed by atoms with van der Waals surface area (Å²) >= 11 is 5.93. The van der Waals surface area contributed by atoms with Crippen molar-refractivity contribution in [2.24, 2.45) is 11.3 Å². The van der Waals surface area contributed by atoms with E-state index < -0.39 is 0 Å². The normalized spacial score (nSPS) is 36.7. The Kier molecular flexibility index (Phi) is 2.05. The smallest absolute Gasteiger partial charge is 0.224 e. The molecule has 3 aliphatic carbocycles. The number of nitrogens with zero attached hydrogens (tertiary/aromatic N) is 3. The second-order valence-corrected chi connectivity index (χ2v) is 6.37. The van der Waals surface area contributed by atoms with Crippen LogP contribution in [0.2, 0.25) is 5.28 Å². The zero-order valence-corrected chi connectivity index (χ0v) is 12.3. The molecular formula is C15H18ClN3. The van der Waals surface area contributed by atoms with Gasteiger partial charge in [-0.15, -0.1) is 0 Å². The van der Waals surface area contributed by atoms with E-state index in [0.717, 1.165) is 17.0 Å². The van der Waals surface area contributed by atoms with Crippen molar-refractivity contribution in [3.63, 3.8) is 0 Å². The molecule has 2 heterocycles. The van der Waals surface area contributed by atoms with Crippen molar-refractivity contribution in [2.75, 3.05) is 0 Å². The molecule has 0 aliphatic heterocycles. The second kappa shape index (κ2) is 3.32. The van der Waals surface area contributed by atoms with Gasteiger partial charge in [0.2, 0.25) is 5.28 Å². The van der Waals surface area contributed by atoms with Crippen molar-refractivity contribution >= 4 is 22.6 Å². The van der Waals surface area contributed by atoms with E-state index in [1.54, 1.807) is 0 Å². The van der Waals surface area contributed by atoms with E-state index in [4.69, 9.17) is 11.6 Å². The third-order valence-electron chi connectivity index (χ3n) is 5.40. The van der Waals surface area contributed by atoms with Crippen LogP contribution in [0.15, 0.2) is 12.4 Å². The van der Waals surface area contributed by atoms with Crippen molar-refractivity contribution in [1.82, 2.24) is 14.5 Å². The van der Waals surface area contributed by atoms with Crippen LogP contribution in [0, 0.1) is 18.3 Å². The Hall–Kier alpha value is -1.09. The van der Waals surface area contributed by atoms with Gasteiger partial charge in [0.25, 0.3) is 0 Å². The van der Waals surface area contributed by atoms with Gasteiger partial charge >= 0.3 is 0 Å². The summed E-state index contributed by atoms with van der Waals surface area (Å²) in [4.78, 5) is 8.53. The minimum absolute atomic E-state index is 0.356. The van der Waals surface area contributed by atoms with E-state index in [-0.39, 0.29) is 0 Å². The lowest BCUT2D eigenvalue weighted by Gasteiger charge is -2.27. The van der Waals surface area contributed by atoms with Gasteiger partial charge in [-0.2, -0.15) is 4.98 Å². The van der Waals surface area contributed by atoms with Gasteiger partial charge in [-0.3, -0.25) is 0 Å². The lowest BCUT2D eigenvalue weighted by Crippen LogP contribution is -2.28. The number of aryl methyl sites for hydroxylation is 1. The van der Waals surface area contributed by atoms with Crippen LogP contribution in [0.1, 0.15) is 38.7 Å². The maximum Gasteiger partial charge on any atom is 0.224 e. The lowest BCUT2D eigenvalue weighted by molar-refractivity contribution is 0.286. The van der Waals surface area contributed by atoms with Crippen LogP contribution in [0.25, 0.3) is 11.0 Å². The quantitative estimate of drug-likeness (QED) is 0.739. The molecule has 3 fully saturated rings. The Morgan fingerprint density at radius 3 is 2.74 bits per heavy atom. The molecule has 0 bridgehead atoms. The molecule has 4 heteroatoms. The summed E-state index contributed by atoms with van der Waals surface area (Å²) in [6, 6.07) is 0. The van der Waals surface area contributed by atoms with Gasteiger partial charge in [0, 0.05) is 17.8 Å². The Morgan fingerprint density at radius 2 is 2.16 bits per heavy atom. The van der Waals surface area contributed by atoms with Gasteiger partial charge in [-0.25, -0.2) is 4.98 Å². The highest BCUT2D eigenvalue weighted by molar-refractivity contribution is 6.28. The first-order chi connectivity index (χ1) is 9.16. The Labute approximate surface area is 118 Å². The monoisotopic (exact) mass is 275 g/mol. The van der Waals surface area contributed by atoms with Crippen LogP contribution >= 0.6 is 11.6 Å². The number of fused-ring (bicyclic) bond motifs is 1. The molecule has 3 aliphatic rings. The van der Waals surface area contributed by atoms with E-state index >= 15 is 0 Å². The highest BCUT2D eigenvalue weighted by Crippen LogP contribution is 2.92. The number of hydrogen-bond donors (Lipinski definition) is 0. The van der Waals surface area contributed by atoms with Crippen LogP contribution in [0.5, 0.6) is 0 Å². The molecule has 0 N–H and O–H groups in total. The molecule has 5 rings (SSSR count). The number of aromatic nitrogens is 3. The molecule has 0 amide bonds. The van der Waals surface area contributed by atoms with Crippen LogP contribution in [0.3, 0.4) is 0 Å². The third-order valence-corrected chi connectivity index (χ3v) is 5.58. The van der Waals surface area contributed by atoms with Crippen molar-refractivity contribution in [3.05, 3.63) is 23.2 Å². The van der Waals surface area contributed by atoms with Crippen LogP contribution in [0.4, 0.5) is 0 Å². The zero-order valence-electron chi connectivity index (χ0n) is 11.6. The van der Waals surface area contributed by atoms with Gasteiger partial charge in [0.05, 0.1) is 5.54 Å². The zero-order chi connectivity index (χ0) is 13.4. The molecule has 0 saturated heterocycles. The predicted octanol–water partition coefficient (Wildman–Crippen LogP) is 3.93. The van der Waals surface area contributed by atoms with Gasteiger partial charge in [-0.1, -0.05) is 13.8 Å². The minimum atomic E-state index is 0.356. The van der Waals surface area contributed by atoms with Gasteiger partial charge in [0.1, 0.15) is 5.65 Å². The summed E-state index contributed by atoms with van der Waals surface area (Å²) in [7, 11) is 0. The first-order valence-corrected chi connectivity index (χ1v) is 7.55. The van der Waals surface area contributed by atoms with Crippen LogP contribution < -0.4 is 0 Å². The maximum absolute atomic E-state index is 5.93. The standard InChI is InChI=1S/C13H12ClN3.C2H6/c1-7-5-17(10-9(7)4-15-11(14)16-10)13-3-8-2-12(8,13)6-13;1-2/h4-5,8H,2-3,6H2,1H3;1-2H3. The Balaban J connectivity index is 0.000000465. The summed E-state index contributed by atoms with van der Waals surface area (Å²) in [6.45, 7) is 6.13. The van der Waals surface area contributed by atoms with E-state index in [1.807, 2.05) is 20.0 Å². The summed E-state index contributed by atoms with van der Waals surface area (Å²) in [5.41, 5.74) is 3.37. The number of hydrogen-bond acceptors (Lipinski definition) is 2. The SMILES string of the molecule is CC.Cc1cn(C23CC4CC42C3)c2nc(Cl)ncc12. The lowest BCUT2D eigenvalue weighted by atomic mass is 9.93. The molecule has 3 nitrogen and oxygen atoms in total. The summed E-state index contributed by atoms with van der Waals surface area (Å²) in [5.74, 6) is 1.01. The second-order valence-electron chi connectivity index (χ2n) is 6.03. The molecule has 3 unspecified atom stereocenters. The first-order valence-electron chi connectivity index (χ1n) is 7.17. The fourth-order valence-electron chi connectivity index (χ4n) is 4.35. The number of rotatable bonds is 1. The molecule has 19 heavy (non-hydrogen) atoms. The van der Waals surface area contributed by atoms with E-state index in [1.165, 1.54) is 24.8 Å². The highest BCUT2D eigenvalue weighted by Gasteiger charge is 2.89. The van der Waals surface area contributed by atoms with Gasteiger partial charge in [0.15, 0.2) is 0 Å². The molecule has 0 aromatic carbocycles. The van der Waals surface area contributed by atoms with Crippen molar-refractivity contribution < 1.29 is 0 Å². The predicted molar refractivity (Wildman–Crippen MR) is 76.4 cm³/mol. The molecule has 3 saturated carbocycles. The van der Waals surface area contributed by atoms with Crippen molar-refractivity contribution in [1.29, 1.82) is 0 Å².